The number of nitrogens with zero attached hydrogens (tertiary/aromatic N) is 2. The lowest BCUT2D eigenvalue weighted by Crippen LogP contribution is -2.51. The van der Waals surface area contributed by atoms with Crippen molar-refractivity contribution in [3.8, 4) is 0 Å². The molecule has 1 aromatic rings. The minimum Gasteiger partial charge on any atom is -0.445 e. The van der Waals surface area contributed by atoms with Gasteiger partial charge in [-0.1, -0.05) is 30.3 Å². The van der Waals surface area contributed by atoms with Crippen molar-refractivity contribution in [3.05, 3.63) is 35.9 Å². The van der Waals surface area contributed by atoms with Gasteiger partial charge in [0.2, 0.25) is 5.91 Å². The van der Waals surface area contributed by atoms with E-state index >= 15 is 0 Å². The normalized spacial score (nSPS) is 18.2. The first-order chi connectivity index (χ1) is 10.1. The number of likely N-dealkylation sites (tertiary alicyclic amines) is 1. The predicted molar refractivity (Wildman–Crippen MR) is 79.7 cm³/mol. The van der Waals surface area contributed by atoms with Crippen molar-refractivity contribution in [1.29, 1.82) is 0 Å². The molecule has 1 fully saturated rings. The van der Waals surface area contributed by atoms with E-state index in [0.717, 1.165) is 18.4 Å². The van der Waals surface area contributed by atoms with Crippen LogP contribution < -0.4 is 0 Å². The number of amides is 2. The Kier molecular flexibility index (Phi) is 5.20. The molecule has 0 spiro atoms. The maximum Gasteiger partial charge on any atom is 0.410 e. The SMILES string of the molecule is CN(C)C(=O)[C@H]1CCCCN1C(=O)OCc1ccccc1. The lowest BCUT2D eigenvalue weighted by molar-refractivity contribution is -0.135. The lowest BCUT2D eigenvalue weighted by Gasteiger charge is -2.35. The summed E-state index contributed by atoms with van der Waals surface area (Å²) in [6.07, 6.45) is 2.18. The van der Waals surface area contributed by atoms with Crippen molar-refractivity contribution in [2.45, 2.75) is 31.9 Å². The van der Waals surface area contributed by atoms with Crippen molar-refractivity contribution in [2.24, 2.45) is 0 Å². The van der Waals surface area contributed by atoms with Gasteiger partial charge in [0.15, 0.2) is 0 Å². The fourth-order valence-corrected chi connectivity index (χ4v) is 2.51. The van der Waals surface area contributed by atoms with Crippen LogP contribution in [-0.4, -0.2) is 48.5 Å². The molecular weight excluding hydrogens is 268 g/mol. The average Bonchev–Trinajstić information content (AvgIpc) is 2.52. The highest BCUT2D eigenvalue weighted by molar-refractivity contribution is 5.85. The fraction of sp³-hybridized carbons (Fsp3) is 0.500. The molecule has 1 heterocycles. The van der Waals surface area contributed by atoms with E-state index < -0.39 is 12.1 Å². The summed E-state index contributed by atoms with van der Waals surface area (Å²) in [6, 6.07) is 9.15. The molecule has 0 radical (unpaired) electrons. The predicted octanol–water partition coefficient (Wildman–Crippen LogP) is 2.27. The number of hydrogen-bond donors (Lipinski definition) is 0. The molecule has 0 aromatic heterocycles. The molecular formula is C16H22N2O3. The zero-order chi connectivity index (χ0) is 15.2. The monoisotopic (exact) mass is 290 g/mol. The number of likely N-dealkylation sites (N-methyl/N-ethyl adjacent to an activating group) is 1. The quantitative estimate of drug-likeness (QED) is 0.858. The summed E-state index contributed by atoms with van der Waals surface area (Å²) in [4.78, 5) is 27.5. The van der Waals surface area contributed by atoms with E-state index in [1.54, 1.807) is 19.0 Å². The summed E-state index contributed by atoms with van der Waals surface area (Å²) in [6.45, 7) is 0.816. The van der Waals surface area contributed by atoms with Crippen LogP contribution in [0.1, 0.15) is 24.8 Å². The van der Waals surface area contributed by atoms with Crippen molar-refractivity contribution in [2.75, 3.05) is 20.6 Å². The molecule has 0 unspecified atom stereocenters. The first kappa shape index (κ1) is 15.4. The van der Waals surface area contributed by atoms with Gasteiger partial charge in [-0.3, -0.25) is 9.69 Å². The summed E-state index contributed by atoms with van der Waals surface area (Å²) < 4.78 is 5.34. The van der Waals surface area contributed by atoms with Gasteiger partial charge >= 0.3 is 6.09 Å². The molecule has 1 aliphatic heterocycles. The molecule has 2 rings (SSSR count). The second kappa shape index (κ2) is 7.11. The molecule has 0 N–H and O–H groups in total. The molecule has 1 aliphatic rings. The summed E-state index contributed by atoms with van der Waals surface area (Å²) in [5.74, 6) is -0.0358. The van der Waals surface area contributed by atoms with Crippen LogP contribution in [0, 0.1) is 0 Å². The zero-order valence-electron chi connectivity index (χ0n) is 12.6. The smallest absolute Gasteiger partial charge is 0.410 e. The van der Waals surface area contributed by atoms with Crippen molar-refractivity contribution >= 4 is 12.0 Å². The van der Waals surface area contributed by atoms with Crippen molar-refractivity contribution < 1.29 is 14.3 Å². The average molecular weight is 290 g/mol. The van der Waals surface area contributed by atoms with Crippen LogP contribution in [0.5, 0.6) is 0 Å². The molecule has 0 bridgehead atoms. The minimum atomic E-state index is -0.404. The molecule has 21 heavy (non-hydrogen) atoms. The zero-order valence-corrected chi connectivity index (χ0v) is 12.6. The Morgan fingerprint density at radius 2 is 1.95 bits per heavy atom. The number of carbonyl (C=O) groups excluding carboxylic acids is 2. The standard InChI is InChI=1S/C16H22N2O3/c1-17(2)15(19)14-10-6-7-11-18(14)16(20)21-12-13-8-4-3-5-9-13/h3-5,8-9,14H,6-7,10-12H2,1-2H3/t14-/m1/s1. The fourth-order valence-electron chi connectivity index (χ4n) is 2.51. The number of ether oxygens (including phenoxy) is 1. The van der Waals surface area contributed by atoms with E-state index in [1.807, 2.05) is 30.3 Å². The van der Waals surface area contributed by atoms with E-state index in [9.17, 15) is 9.59 Å². The third kappa shape index (κ3) is 3.97. The Hall–Kier alpha value is -2.04. The van der Waals surface area contributed by atoms with Crippen LogP contribution in [-0.2, 0) is 16.1 Å². The van der Waals surface area contributed by atoms with E-state index in [0.29, 0.717) is 13.0 Å². The van der Waals surface area contributed by atoms with Gasteiger partial charge in [0.05, 0.1) is 0 Å². The highest BCUT2D eigenvalue weighted by atomic mass is 16.6. The first-order valence-electron chi connectivity index (χ1n) is 7.28. The number of carbonyl (C=O) groups is 2. The Morgan fingerprint density at radius 3 is 2.62 bits per heavy atom. The van der Waals surface area contributed by atoms with Crippen LogP contribution in [0.3, 0.4) is 0 Å². The maximum absolute atomic E-state index is 12.2. The summed E-state index contributed by atoms with van der Waals surface area (Å²) in [5, 5.41) is 0. The Morgan fingerprint density at radius 1 is 1.24 bits per heavy atom. The van der Waals surface area contributed by atoms with Crippen LogP contribution in [0.2, 0.25) is 0 Å². The van der Waals surface area contributed by atoms with Crippen molar-refractivity contribution in [3.63, 3.8) is 0 Å². The summed E-state index contributed by atoms with van der Waals surface area (Å²) >= 11 is 0. The molecule has 1 saturated heterocycles. The maximum atomic E-state index is 12.2. The molecule has 0 aliphatic carbocycles. The summed E-state index contributed by atoms with van der Waals surface area (Å²) in [5.41, 5.74) is 0.943. The van der Waals surface area contributed by atoms with Gasteiger partial charge < -0.3 is 9.64 Å². The Bertz CT molecular complexity index is 488. The Balaban J connectivity index is 1.97. The summed E-state index contributed by atoms with van der Waals surface area (Å²) in [7, 11) is 3.43. The molecule has 1 aromatic carbocycles. The van der Waals surface area contributed by atoms with Gasteiger partial charge in [-0.2, -0.15) is 0 Å². The molecule has 1 atom stereocenters. The third-order valence-electron chi connectivity index (χ3n) is 3.67. The highest BCUT2D eigenvalue weighted by Gasteiger charge is 2.33. The molecule has 2 amide bonds. The van der Waals surface area contributed by atoms with E-state index in [1.165, 1.54) is 4.90 Å². The van der Waals surface area contributed by atoms with Gasteiger partial charge in [0, 0.05) is 20.6 Å². The van der Waals surface area contributed by atoms with Gasteiger partial charge in [0.1, 0.15) is 12.6 Å². The van der Waals surface area contributed by atoms with Gasteiger partial charge in [-0.15, -0.1) is 0 Å². The van der Waals surface area contributed by atoms with Crippen LogP contribution in [0.15, 0.2) is 30.3 Å². The Labute approximate surface area is 125 Å². The highest BCUT2D eigenvalue weighted by Crippen LogP contribution is 2.19. The lowest BCUT2D eigenvalue weighted by atomic mass is 10.0. The third-order valence-corrected chi connectivity index (χ3v) is 3.67. The second-order valence-electron chi connectivity index (χ2n) is 5.48. The molecule has 5 nitrogen and oxygen atoms in total. The molecule has 114 valence electrons. The minimum absolute atomic E-state index is 0.0358. The van der Waals surface area contributed by atoms with E-state index in [2.05, 4.69) is 0 Å². The van der Waals surface area contributed by atoms with Crippen LogP contribution in [0.4, 0.5) is 4.79 Å². The molecule has 5 heteroatoms. The number of hydrogen-bond acceptors (Lipinski definition) is 3. The van der Waals surface area contributed by atoms with E-state index in [-0.39, 0.29) is 12.5 Å². The van der Waals surface area contributed by atoms with Crippen molar-refractivity contribution in [1.82, 2.24) is 9.80 Å². The first-order valence-corrected chi connectivity index (χ1v) is 7.28. The van der Waals surface area contributed by atoms with Gasteiger partial charge in [-0.25, -0.2) is 4.79 Å². The number of rotatable bonds is 3. The van der Waals surface area contributed by atoms with Gasteiger partial charge in [-0.05, 0) is 24.8 Å². The van der Waals surface area contributed by atoms with E-state index in [4.69, 9.17) is 4.74 Å². The number of piperidine rings is 1. The second-order valence-corrected chi connectivity index (χ2v) is 5.48. The topological polar surface area (TPSA) is 49.9 Å². The molecule has 0 saturated carbocycles. The number of benzene rings is 1. The van der Waals surface area contributed by atoms with Crippen LogP contribution in [0.25, 0.3) is 0 Å². The van der Waals surface area contributed by atoms with Crippen LogP contribution >= 0.6 is 0 Å². The largest absolute Gasteiger partial charge is 0.445 e. The van der Waals surface area contributed by atoms with Gasteiger partial charge in [0.25, 0.3) is 0 Å².